The normalized spacial score (nSPS) is 10.3. The van der Waals surface area contributed by atoms with Gasteiger partial charge < -0.3 is 10.5 Å². The number of amides is 2. The number of halogens is 1. The maximum absolute atomic E-state index is 10.4. The Balaban J connectivity index is 2.87. The quantitative estimate of drug-likeness (QED) is 0.604. The average molecular weight is 228 g/mol. The molecule has 0 aliphatic rings. The Labute approximate surface area is 91.9 Å². The van der Waals surface area contributed by atoms with Crippen molar-refractivity contribution in [3.8, 4) is 5.75 Å². The molecule has 0 saturated carbocycles. The van der Waals surface area contributed by atoms with E-state index in [2.05, 4.69) is 10.5 Å². The van der Waals surface area contributed by atoms with Crippen LogP contribution in [0.25, 0.3) is 0 Å². The van der Waals surface area contributed by atoms with E-state index in [1.165, 1.54) is 13.3 Å². The van der Waals surface area contributed by atoms with Crippen LogP contribution in [0.2, 0.25) is 5.02 Å². The Hall–Kier alpha value is -1.75. The maximum atomic E-state index is 10.4. The topological polar surface area (TPSA) is 76.7 Å². The van der Waals surface area contributed by atoms with Crippen molar-refractivity contribution in [3.05, 3.63) is 28.8 Å². The number of carbonyl (C=O) groups excluding carboxylic acids is 1. The third-order valence-corrected chi connectivity index (χ3v) is 1.81. The molecule has 0 fully saturated rings. The highest BCUT2D eigenvalue weighted by atomic mass is 35.5. The number of benzene rings is 1. The van der Waals surface area contributed by atoms with Gasteiger partial charge in [0.2, 0.25) is 0 Å². The van der Waals surface area contributed by atoms with Gasteiger partial charge >= 0.3 is 6.03 Å². The lowest BCUT2D eigenvalue weighted by Gasteiger charge is -2.03. The lowest BCUT2D eigenvalue weighted by Crippen LogP contribution is -2.24. The van der Waals surface area contributed by atoms with E-state index in [4.69, 9.17) is 22.1 Å². The molecule has 0 aliphatic heterocycles. The predicted molar refractivity (Wildman–Crippen MR) is 58.3 cm³/mol. The minimum atomic E-state index is -0.729. The predicted octanol–water partition coefficient (Wildman–Crippen LogP) is 1.35. The molecule has 0 saturated heterocycles. The second kappa shape index (κ2) is 5.21. The first kappa shape index (κ1) is 11.3. The number of primary amides is 1. The first-order valence-corrected chi connectivity index (χ1v) is 4.43. The average Bonchev–Trinajstić information content (AvgIpc) is 2.17. The highest BCUT2D eigenvalue weighted by Gasteiger charge is 2.00. The smallest absolute Gasteiger partial charge is 0.332 e. The summed E-state index contributed by atoms with van der Waals surface area (Å²) in [5, 5.41) is 4.15. The van der Waals surface area contributed by atoms with Crippen LogP contribution < -0.4 is 15.9 Å². The number of rotatable bonds is 3. The summed E-state index contributed by atoms with van der Waals surface area (Å²) in [5.74, 6) is 0.606. The van der Waals surface area contributed by atoms with Crippen LogP contribution in [0.15, 0.2) is 23.3 Å². The summed E-state index contributed by atoms with van der Waals surface area (Å²) in [7, 11) is 1.53. The molecule has 0 unspecified atom stereocenters. The van der Waals surface area contributed by atoms with Gasteiger partial charge in [-0.2, -0.15) is 5.10 Å². The molecule has 0 bridgehead atoms. The molecule has 0 heterocycles. The number of carbonyl (C=O) groups is 1. The number of nitrogens with one attached hydrogen (secondary N) is 1. The zero-order chi connectivity index (χ0) is 11.3. The summed E-state index contributed by atoms with van der Waals surface area (Å²) in [6.07, 6.45) is 1.40. The van der Waals surface area contributed by atoms with Crippen LogP contribution in [0.5, 0.6) is 5.75 Å². The lowest BCUT2D eigenvalue weighted by atomic mass is 10.2. The number of urea groups is 1. The standard InChI is InChI=1S/C9H10ClN3O2/c1-15-8-3-2-7(10)4-6(8)5-12-13-9(11)14/h2-5H,1H3,(H3,11,13,14). The summed E-state index contributed by atoms with van der Waals surface area (Å²) < 4.78 is 5.06. The summed E-state index contributed by atoms with van der Waals surface area (Å²) in [6.45, 7) is 0. The summed E-state index contributed by atoms with van der Waals surface area (Å²) in [5.41, 5.74) is 7.56. The van der Waals surface area contributed by atoms with Crippen molar-refractivity contribution in [2.24, 2.45) is 10.8 Å². The number of nitrogens with two attached hydrogens (primary N) is 1. The molecule has 0 atom stereocenters. The highest BCUT2D eigenvalue weighted by molar-refractivity contribution is 6.30. The van der Waals surface area contributed by atoms with Crippen LogP contribution in [0.1, 0.15) is 5.56 Å². The van der Waals surface area contributed by atoms with Gasteiger partial charge in [0.25, 0.3) is 0 Å². The van der Waals surface area contributed by atoms with Crippen LogP contribution in [-0.4, -0.2) is 19.4 Å². The van der Waals surface area contributed by atoms with Gasteiger partial charge in [0.05, 0.1) is 13.3 Å². The molecule has 0 spiro atoms. The van der Waals surface area contributed by atoms with Crippen molar-refractivity contribution in [1.82, 2.24) is 5.43 Å². The lowest BCUT2D eigenvalue weighted by molar-refractivity contribution is 0.249. The zero-order valence-corrected chi connectivity index (χ0v) is 8.78. The van der Waals surface area contributed by atoms with Crippen LogP contribution in [-0.2, 0) is 0 Å². The number of ether oxygens (including phenoxy) is 1. The molecule has 15 heavy (non-hydrogen) atoms. The van der Waals surface area contributed by atoms with Crippen LogP contribution >= 0.6 is 11.6 Å². The van der Waals surface area contributed by atoms with Crippen LogP contribution in [0.3, 0.4) is 0 Å². The molecule has 1 rings (SSSR count). The van der Waals surface area contributed by atoms with Gasteiger partial charge in [0.1, 0.15) is 5.75 Å². The Morgan fingerprint density at radius 1 is 1.67 bits per heavy atom. The Kier molecular flexibility index (Phi) is 3.93. The summed E-state index contributed by atoms with van der Waals surface area (Å²) >= 11 is 5.79. The largest absolute Gasteiger partial charge is 0.496 e. The monoisotopic (exact) mass is 227 g/mol. The van der Waals surface area contributed by atoms with Crippen LogP contribution in [0.4, 0.5) is 4.79 Å². The van der Waals surface area contributed by atoms with Crippen molar-refractivity contribution >= 4 is 23.8 Å². The molecule has 2 amide bonds. The van der Waals surface area contributed by atoms with E-state index in [9.17, 15) is 4.79 Å². The molecule has 1 aromatic carbocycles. The van der Waals surface area contributed by atoms with E-state index in [1.54, 1.807) is 18.2 Å². The van der Waals surface area contributed by atoms with E-state index in [1.807, 2.05) is 0 Å². The van der Waals surface area contributed by atoms with Gasteiger partial charge in [-0.1, -0.05) is 11.6 Å². The number of methoxy groups -OCH3 is 1. The molecule has 3 N–H and O–H groups in total. The van der Waals surface area contributed by atoms with Gasteiger partial charge in [-0.25, -0.2) is 10.2 Å². The van der Waals surface area contributed by atoms with Crippen LogP contribution in [0, 0.1) is 0 Å². The number of hydrazone groups is 1. The van der Waals surface area contributed by atoms with Crippen molar-refractivity contribution in [2.45, 2.75) is 0 Å². The zero-order valence-electron chi connectivity index (χ0n) is 8.03. The molecule has 0 aliphatic carbocycles. The van der Waals surface area contributed by atoms with E-state index in [0.29, 0.717) is 16.3 Å². The molecular formula is C9H10ClN3O2. The first-order chi connectivity index (χ1) is 7.13. The number of hydrogen-bond donors (Lipinski definition) is 2. The molecule has 0 aromatic heterocycles. The molecule has 80 valence electrons. The van der Waals surface area contributed by atoms with Gasteiger partial charge in [-0.15, -0.1) is 0 Å². The third-order valence-electron chi connectivity index (χ3n) is 1.57. The fourth-order valence-electron chi connectivity index (χ4n) is 0.972. The van der Waals surface area contributed by atoms with Gasteiger partial charge in [0.15, 0.2) is 0 Å². The van der Waals surface area contributed by atoms with Crippen molar-refractivity contribution in [3.63, 3.8) is 0 Å². The van der Waals surface area contributed by atoms with E-state index in [-0.39, 0.29) is 0 Å². The second-order valence-corrected chi connectivity index (χ2v) is 3.06. The van der Waals surface area contributed by atoms with Gasteiger partial charge in [0, 0.05) is 10.6 Å². The molecule has 6 heteroatoms. The molecular weight excluding hydrogens is 218 g/mol. The van der Waals surface area contributed by atoms with Crippen molar-refractivity contribution < 1.29 is 9.53 Å². The minimum Gasteiger partial charge on any atom is -0.496 e. The maximum Gasteiger partial charge on any atom is 0.332 e. The highest BCUT2D eigenvalue weighted by Crippen LogP contribution is 2.20. The Bertz CT molecular complexity index is 393. The van der Waals surface area contributed by atoms with Crippen molar-refractivity contribution in [2.75, 3.05) is 7.11 Å². The Morgan fingerprint density at radius 3 is 3.00 bits per heavy atom. The SMILES string of the molecule is COc1ccc(Cl)cc1C=NNC(N)=O. The number of hydrogen-bond acceptors (Lipinski definition) is 3. The fraction of sp³-hybridized carbons (Fsp3) is 0.111. The molecule has 0 radical (unpaired) electrons. The molecule has 1 aromatic rings. The summed E-state index contributed by atoms with van der Waals surface area (Å²) in [6, 6.07) is 4.33. The summed E-state index contributed by atoms with van der Waals surface area (Å²) in [4.78, 5) is 10.4. The fourth-order valence-corrected chi connectivity index (χ4v) is 1.15. The van der Waals surface area contributed by atoms with E-state index in [0.717, 1.165) is 0 Å². The van der Waals surface area contributed by atoms with Gasteiger partial charge in [-0.3, -0.25) is 0 Å². The van der Waals surface area contributed by atoms with E-state index >= 15 is 0 Å². The first-order valence-electron chi connectivity index (χ1n) is 4.05. The number of nitrogens with zero attached hydrogens (tertiary/aromatic N) is 1. The second-order valence-electron chi connectivity index (χ2n) is 2.62. The van der Waals surface area contributed by atoms with E-state index < -0.39 is 6.03 Å². The van der Waals surface area contributed by atoms with Crippen molar-refractivity contribution in [1.29, 1.82) is 0 Å². The third kappa shape index (κ3) is 3.47. The minimum absolute atomic E-state index is 0.552. The Morgan fingerprint density at radius 2 is 2.40 bits per heavy atom. The van der Waals surface area contributed by atoms with Gasteiger partial charge in [-0.05, 0) is 18.2 Å². The molecule has 5 nitrogen and oxygen atoms in total.